The number of unbranched alkanes of at least 4 members (excludes halogenated alkanes) is 1. The Kier molecular flexibility index (Phi) is 4.69. The average Bonchev–Trinajstić information content (AvgIpc) is 2.19. The highest BCUT2D eigenvalue weighted by atomic mass is 16.6. The van der Waals surface area contributed by atoms with Crippen molar-refractivity contribution in [1.29, 1.82) is 0 Å². The molecule has 0 fully saturated rings. The lowest BCUT2D eigenvalue weighted by molar-refractivity contribution is 0.143. The second kappa shape index (κ2) is 6.23. The van der Waals surface area contributed by atoms with Crippen molar-refractivity contribution in [2.45, 2.75) is 19.8 Å². The van der Waals surface area contributed by atoms with Crippen LogP contribution in [-0.2, 0) is 4.84 Å². The zero-order valence-corrected chi connectivity index (χ0v) is 7.86. The molecule has 0 saturated heterocycles. The molecule has 0 aliphatic carbocycles. The fraction of sp³-hybridized carbons (Fsp3) is 0.364. The molecule has 0 spiro atoms. The Labute approximate surface area is 79.2 Å². The lowest BCUT2D eigenvalue weighted by Crippen LogP contribution is -1.87. The fourth-order valence-corrected chi connectivity index (χ4v) is 0.847. The van der Waals surface area contributed by atoms with E-state index in [2.05, 4.69) is 18.1 Å². The maximum Gasteiger partial charge on any atom is 0.117 e. The normalized spacial score (nSPS) is 10.5. The number of nitrogens with zero attached hydrogens (tertiary/aromatic N) is 1. The first kappa shape index (κ1) is 9.78. The Morgan fingerprint density at radius 2 is 2.54 bits per heavy atom. The molecule has 0 aromatic heterocycles. The van der Waals surface area contributed by atoms with Crippen LogP contribution in [0.2, 0.25) is 0 Å². The van der Waals surface area contributed by atoms with Gasteiger partial charge in [0.15, 0.2) is 0 Å². The number of rotatable bonds is 5. The monoisotopic (exact) mass is 176 g/mol. The largest absolute Gasteiger partial charge is 0.396 e. The number of hydrogen-bond donors (Lipinski definition) is 0. The summed E-state index contributed by atoms with van der Waals surface area (Å²) in [6, 6.07) is 10.6. The van der Waals surface area contributed by atoms with Crippen LogP contribution in [0.1, 0.15) is 25.3 Å². The van der Waals surface area contributed by atoms with Crippen LogP contribution in [-0.4, -0.2) is 12.8 Å². The minimum atomic E-state index is 0.698. The van der Waals surface area contributed by atoms with Crippen molar-refractivity contribution in [2.24, 2.45) is 5.16 Å². The van der Waals surface area contributed by atoms with E-state index >= 15 is 0 Å². The van der Waals surface area contributed by atoms with Gasteiger partial charge in [0.05, 0.1) is 6.21 Å². The first-order chi connectivity index (χ1) is 6.43. The predicted molar refractivity (Wildman–Crippen MR) is 53.7 cm³/mol. The summed E-state index contributed by atoms with van der Waals surface area (Å²) in [5.74, 6) is 0. The van der Waals surface area contributed by atoms with Crippen LogP contribution < -0.4 is 0 Å². The van der Waals surface area contributed by atoms with Gasteiger partial charge in [-0.15, -0.1) is 0 Å². The molecule has 0 aliphatic rings. The van der Waals surface area contributed by atoms with E-state index < -0.39 is 0 Å². The summed E-state index contributed by atoms with van der Waals surface area (Å²) in [6.45, 7) is 2.82. The molecule has 2 nitrogen and oxygen atoms in total. The van der Waals surface area contributed by atoms with Gasteiger partial charge in [-0.2, -0.15) is 0 Å². The van der Waals surface area contributed by atoms with E-state index in [9.17, 15) is 0 Å². The Bertz CT molecular complexity index is 244. The molecule has 0 heterocycles. The zero-order valence-electron chi connectivity index (χ0n) is 7.86. The van der Waals surface area contributed by atoms with E-state index in [0.717, 1.165) is 18.4 Å². The third kappa shape index (κ3) is 4.31. The second-order valence-corrected chi connectivity index (χ2v) is 2.76. The summed E-state index contributed by atoms with van der Waals surface area (Å²) in [7, 11) is 0. The second-order valence-electron chi connectivity index (χ2n) is 2.76. The lowest BCUT2D eigenvalue weighted by atomic mass is 10.2. The van der Waals surface area contributed by atoms with Gasteiger partial charge in [-0.05, 0) is 24.1 Å². The van der Waals surface area contributed by atoms with Gasteiger partial charge in [-0.1, -0.05) is 36.7 Å². The van der Waals surface area contributed by atoms with Gasteiger partial charge in [0.25, 0.3) is 0 Å². The van der Waals surface area contributed by atoms with Crippen LogP contribution in [0.3, 0.4) is 0 Å². The molecule has 0 unspecified atom stereocenters. The molecule has 0 amide bonds. The Morgan fingerprint density at radius 1 is 1.62 bits per heavy atom. The molecule has 0 aliphatic heterocycles. The van der Waals surface area contributed by atoms with E-state index in [4.69, 9.17) is 4.84 Å². The Morgan fingerprint density at radius 3 is 3.23 bits per heavy atom. The van der Waals surface area contributed by atoms with Crippen molar-refractivity contribution in [3.05, 3.63) is 35.9 Å². The Hall–Kier alpha value is -1.31. The maximum absolute atomic E-state index is 5.03. The van der Waals surface area contributed by atoms with Gasteiger partial charge < -0.3 is 4.84 Å². The third-order valence-corrected chi connectivity index (χ3v) is 1.60. The molecule has 13 heavy (non-hydrogen) atoms. The van der Waals surface area contributed by atoms with Gasteiger partial charge in [0, 0.05) is 0 Å². The van der Waals surface area contributed by atoms with Gasteiger partial charge in [-0.25, -0.2) is 0 Å². The highest BCUT2D eigenvalue weighted by Gasteiger charge is 1.84. The SMILES string of the molecule is CCCCON=Cc1c[c]ccc1. The first-order valence-corrected chi connectivity index (χ1v) is 4.55. The van der Waals surface area contributed by atoms with Crippen LogP contribution in [0.25, 0.3) is 0 Å². The fourth-order valence-electron chi connectivity index (χ4n) is 0.847. The van der Waals surface area contributed by atoms with Crippen molar-refractivity contribution in [2.75, 3.05) is 6.61 Å². The van der Waals surface area contributed by atoms with Crippen LogP contribution in [0.15, 0.2) is 29.4 Å². The highest BCUT2D eigenvalue weighted by Crippen LogP contribution is 1.94. The molecule has 1 aromatic carbocycles. The number of oxime groups is 1. The van der Waals surface area contributed by atoms with E-state index in [0.29, 0.717) is 6.61 Å². The summed E-state index contributed by atoms with van der Waals surface area (Å²) >= 11 is 0. The zero-order chi connectivity index (χ0) is 9.36. The molecule has 1 radical (unpaired) electrons. The van der Waals surface area contributed by atoms with Crippen molar-refractivity contribution in [1.82, 2.24) is 0 Å². The van der Waals surface area contributed by atoms with E-state index in [-0.39, 0.29) is 0 Å². The third-order valence-electron chi connectivity index (χ3n) is 1.60. The summed E-state index contributed by atoms with van der Waals surface area (Å²) in [5.41, 5.74) is 1.01. The molecule has 1 rings (SSSR count). The van der Waals surface area contributed by atoms with E-state index in [1.807, 2.05) is 24.3 Å². The van der Waals surface area contributed by atoms with Crippen LogP contribution in [0.5, 0.6) is 0 Å². The number of hydrogen-bond acceptors (Lipinski definition) is 2. The minimum Gasteiger partial charge on any atom is -0.396 e. The molecule has 1 aromatic rings. The summed E-state index contributed by atoms with van der Waals surface area (Å²) in [5, 5.41) is 3.83. The van der Waals surface area contributed by atoms with Gasteiger partial charge in [0.1, 0.15) is 6.61 Å². The average molecular weight is 176 g/mol. The van der Waals surface area contributed by atoms with Crippen molar-refractivity contribution in [3.8, 4) is 0 Å². The molecule has 69 valence electrons. The smallest absolute Gasteiger partial charge is 0.117 e. The molecular formula is C11H14NO. The first-order valence-electron chi connectivity index (χ1n) is 4.55. The van der Waals surface area contributed by atoms with Gasteiger partial charge in [-0.3, -0.25) is 0 Å². The van der Waals surface area contributed by atoms with Crippen LogP contribution >= 0.6 is 0 Å². The van der Waals surface area contributed by atoms with Crippen molar-refractivity contribution >= 4 is 6.21 Å². The van der Waals surface area contributed by atoms with Crippen molar-refractivity contribution in [3.63, 3.8) is 0 Å². The molecule has 0 atom stereocenters. The molecule has 0 bridgehead atoms. The molecule has 2 heteroatoms. The van der Waals surface area contributed by atoms with Gasteiger partial charge >= 0.3 is 0 Å². The summed E-state index contributed by atoms with van der Waals surface area (Å²) in [4.78, 5) is 5.03. The quantitative estimate of drug-likeness (QED) is 0.384. The van der Waals surface area contributed by atoms with Crippen LogP contribution in [0, 0.1) is 6.07 Å². The summed E-state index contributed by atoms with van der Waals surface area (Å²) < 4.78 is 0. The maximum atomic E-state index is 5.03. The van der Waals surface area contributed by atoms with Gasteiger partial charge in [0.2, 0.25) is 0 Å². The van der Waals surface area contributed by atoms with Crippen molar-refractivity contribution < 1.29 is 4.84 Å². The lowest BCUT2D eigenvalue weighted by Gasteiger charge is -1.95. The van der Waals surface area contributed by atoms with E-state index in [1.165, 1.54) is 0 Å². The van der Waals surface area contributed by atoms with E-state index in [1.54, 1.807) is 6.21 Å². The molecule has 0 N–H and O–H groups in total. The van der Waals surface area contributed by atoms with Crippen LogP contribution in [0.4, 0.5) is 0 Å². The summed E-state index contributed by atoms with van der Waals surface area (Å²) in [6.07, 6.45) is 3.89. The number of benzene rings is 1. The molecule has 0 saturated carbocycles. The standard InChI is InChI=1S/C11H14NO/c1-2-3-9-13-12-10-11-7-5-4-6-8-11/h4-5,7-8,10H,2-3,9H2,1H3. The molecular weight excluding hydrogens is 162 g/mol. The minimum absolute atomic E-state index is 0.698. The topological polar surface area (TPSA) is 21.6 Å². The highest BCUT2D eigenvalue weighted by molar-refractivity contribution is 5.78. The Balaban J connectivity index is 2.25. The predicted octanol–water partition coefficient (Wildman–Crippen LogP) is 2.64.